The molecule has 0 unspecified atom stereocenters. The van der Waals surface area contributed by atoms with Gasteiger partial charge in [-0.1, -0.05) is 24.3 Å². The van der Waals surface area contributed by atoms with E-state index in [-0.39, 0.29) is 5.56 Å². The van der Waals surface area contributed by atoms with Crippen LogP contribution in [0.2, 0.25) is 0 Å². The Morgan fingerprint density at radius 1 is 1.17 bits per heavy atom. The van der Waals surface area contributed by atoms with Crippen molar-refractivity contribution < 1.29 is 9.90 Å². The quantitative estimate of drug-likeness (QED) is 0.872. The molecule has 0 aromatic heterocycles. The standard InChI is InChI=1S/C15H11NO2/c1-10-5-6-13(8-14(10)15(17)18)12-4-2-3-11(7-12)9-16/h2-8H,1H3,(H,17,18). The van der Waals surface area contributed by atoms with Crippen molar-refractivity contribution in [1.82, 2.24) is 0 Å². The number of rotatable bonds is 2. The number of aromatic carboxylic acids is 1. The molecule has 0 heterocycles. The smallest absolute Gasteiger partial charge is 0.335 e. The summed E-state index contributed by atoms with van der Waals surface area (Å²) >= 11 is 0. The number of nitriles is 1. The minimum atomic E-state index is -0.939. The Balaban J connectivity index is 2.54. The summed E-state index contributed by atoms with van der Waals surface area (Å²) in [6, 6.07) is 14.4. The minimum Gasteiger partial charge on any atom is -0.478 e. The van der Waals surface area contributed by atoms with E-state index in [1.54, 1.807) is 37.3 Å². The van der Waals surface area contributed by atoms with Crippen LogP contribution in [0.3, 0.4) is 0 Å². The number of aryl methyl sites for hydroxylation is 1. The largest absolute Gasteiger partial charge is 0.478 e. The van der Waals surface area contributed by atoms with E-state index in [1.165, 1.54) is 0 Å². The van der Waals surface area contributed by atoms with Gasteiger partial charge in [0.25, 0.3) is 0 Å². The first-order valence-electron chi connectivity index (χ1n) is 5.46. The molecule has 2 rings (SSSR count). The first kappa shape index (κ1) is 11.9. The summed E-state index contributed by atoms with van der Waals surface area (Å²) in [5.74, 6) is -0.939. The molecule has 0 aliphatic rings. The summed E-state index contributed by atoms with van der Waals surface area (Å²) in [4.78, 5) is 11.1. The van der Waals surface area contributed by atoms with Gasteiger partial charge < -0.3 is 5.11 Å². The number of carboxylic acids is 1. The summed E-state index contributed by atoms with van der Waals surface area (Å²) in [7, 11) is 0. The molecule has 0 aliphatic heterocycles. The van der Waals surface area contributed by atoms with Crippen molar-refractivity contribution in [2.45, 2.75) is 6.92 Å². The van der Waals surface area contributed by atoms with E-state index in [0.29, 0.717) is 5.56 Å². The van der Waals surface area contributed by atoms with Gasteiger partial charge in [-0.15, -0.1) is 0 Å². The zero-order valence-corrected chi connectivity index (χ0v) is 9.84. The molecule has 18 heavy (non-hydrogen) atoms. The Kier molecular flexibility index (Phi) is 3.11. The first-order chi connectivity index (χ1) is 8.61. The van der Waals surface area contributed by atoms with Gasteiger partial charge in [0.15, 0.2) is 0 Å². The van der Waals surface area contributed by atoms with E-state index < -0.39 is 5.97 Å². The van der Waals surface area contributed by atoms with Crippen molar-refractivity contribution in [2.75, 3.05) is 0 Å². The maximum absolute atomic E-state index is 11.1. The van der Waals surface area contributed by atoms with Crippen molar-refractivity contribution in [2.24, 2.45) is 0 Å². The molecule has 0 fully saturated rings. The fourth-order valence-corrected chi connectivity index (χ4v) is 1.80. The van der Waals surface area contributed by atoms with Crippen LogP contribution in [-0.2, 0) is 0 Å². The highest BCUT2D eigenvalue weighted by molar-refractivity contribution is 5.91. The van der Waals surface area contributed by atoms with Crippen LogP contribution in [0, 0.1) is 18.3 Å². The van der Waals surface area contributed by atoms with E-state index in [1.807, 2.05) is 12.1 Å². The second-order valence-electron chi connectivity index (χ2n) is 4.03. The molecule has 3 heteroatoms. The van der Waals surface area contributed by atoms with E-state index in [0.717, 1.165) is 16.7 Å². The van der Waals surface area contributed by atoms with Gasteiger partial charge in [-0.2, -0.15) is 5.26 Å². The van der Waals surface area contributed by atoms with Gasteiger partial charge in [0, 0.05) is 0 Å². The Labute approximate surface area is 105 Å². The molecule has 88 valence electrons. The molecule has 0 atom stereocenters. The molecular weight excluding hydrogens is 226 g/mol. The van der Waals surface area contributed by atoms with E-state index in [4.69, 9.17) is 10.4 Å². The van der Waals surface area contributed by atoms with Crippen LogP contribution in [-0.4, -0.2) is 11.1 Å². The molecular formula is C15H11NO2. The van der Waals surface area contributed by atoms with E-state index in [2.05, 4.69) is 6.07 Å². The fraction of sp³-hybridized carbons (Fsp3) is 0.0667. The van der Waals surface area contributed by atoms with Crippen LogP contribution in [0.4, 0.5) is 0 Å². The Bertz CT molecular complexity index is 654. The number of nitrogens with zero attached hydrogens (tertiary/aromatic N) is 1. The molecule has 0 bridgehead atoms. The predicted octanol–water partition coefficient (Wildman–Crippen LogP) is 3.23. The van der Waals surface area contributed by atoms with Gasteiger partial charge in [0.05, 0.1) is 17.2 Å². The SMILES string of the molecule is Cc1ccc(-c2cccc(C#N)c2)cc1C(=O)O. The summed E-state index contributed by atoms with van der Waals surface area (Å²) in [6.45, 7) is 1.76. The second kappa shape index (κ2) is 4.72. The number of carboxylic acid groups (broad SMARTS) is 1. The summed E-state index contributed by atoms with van der Waals surface area (Å²) < 4.78 is 0. The third-order valence-corrected chi connectivity index (χ3v) is 2.79. The lowest BCUT2D eigenvalue weighted by molar-refractivity contribution is 0.0696. The van der Waals surface area contributed by atoms with Gasteiger partial charge in [0.2, 0.25) is 0 Å². The topological polar surface area (TPSA) is 61.1 Å². The highest BCUT2D eigenvalue weighted by atomic mass is 16.4. The van der Waals surface area contributed by atoms with Crippen molar-refractivity contribution >= 4 is 5.97 Å². The average molecular weight is 237 g/mol. The zero-order chi connectivity index (χ0) is 13.1. The molecule has 0 radical (unpaired) electrons. The van der Waals surface area contributed by atoms with Gasteiger partial charge in [0.1, 0.15) is 0 Å². The molecule has 2 aromatic rings. The van der Waals surface area contributed by atoms with E-state index in [9.17, 15) is 4.79 Å². The third-order valence-electron chi connectivity index (χ3n) is 2.79. The van der Waals surface area contributed by atoms with Crippen molar-refractivity contribution in [3.05, 3.63) is 59.2 Å². The minimum absolute atomic E-state index is 0.287. The molecule has 1 N–H and O–H groups in total. The molecule has 0 spiro atoms. The zero-order valence-electron chi connectivity index (χ0n) is 9.84. The molecule has 0 amide bonds. The predicted molar refractivity (Wildman–Crippen MR) is 68.3 cm³/mol. The number of hydrogen-bond donors (Lipinski definition) is 1. The fourth-order valence-electron chi connectivity index (χ4n) is 1.80. The lowest BCUT2D eigenvalue weighted by Crippen LogP contribution is -1.99. The number of carbonyl (C=O) groups is 1. The lowest BCUT2D eigenvalue weighted by Gasteiger charge is -2.06. The number of hydrogen-bond acceptors (Lipinski definition) is 2. The van der Waals surface area contributed by atoms with Crippen LogP contribution < -0.4 is 0 Å². The summed E-state index contributed by atoms with van der Waals surface area (Å²) in [6.07, 6.45) is 0. The molecule has 3 nitrogen and oxygen atoms in total. The van der Waals surface area contributed by atoms with Crippen molar-refractivity contribution in [3.63, 3.8) is 0 Å². The van der Waals surface area contributed by atoms with Crippen molar-refractivity contribution in [3.8, 4) is 17.2 Å². The van der Waals surface area contributed by atoms with Crippen LogP contribution in [0.15, 0.2) is 42.5 Å². The highest BCUT2D eigenvalue weighted by Gasteiger charge is 2.08. The monoisotopic (exact) mass is 237 g/mol. The van der Waals surface area contributed by atoms with Gasteiger partial charge in [-0.3, -0.25) is 0 Å². The maximum atomic E-state index is 11.1. The summed E-state index contributed by atoms with van der Waals surface area (Å²) in [5, 5.41) is 17.9. The number of benzene rings is 2. The normalized spacial score (nSPS) is 9.78. The third kappa shape index (κ3) is 2.23. The van der Waals surface area contributed by atoms with Gasteiger partial charge in [-0.25, -0.2) is 4.79 Å². The maximum Gasteiger partial charge on any atom is 0.335 e. The molecule has 0 saturated carbocycles. The highest BCUT2D eigenvalue weighted by Crippen LogP contribution is 2.23. The Hall–Kier alpha value is -2.60. The van der Waals surface area contributed by atoms with E-state index >= 15 is 0 Å². The van der Waals surface area contributed by atoms with Crippen LogP contribution in [0.5, 0.6) is 0 Å². The van der Waals surface area contributed by atoms with Crippen LogP contribution in [0.1, 0.15) is 21.5 Å². The first-order valence-corrected chi connectivity index (χ1v) is 5.46. The lowest BCUT2D eigenvalue weighted by atomic mass is 9.99. The van der Waals surface area contributed by atoms with Crippen molar-refractivity contribution in [1.29, 1.82) is 5.26 Å². The van der Waals surface area contributed by atoms with Crippen LogP contribution >= 0.6 is 0 Å². The van der Waals surface area contributed by atoms with Crippen LogP contribution in [0.25, 0.3) is 11.1 Å². The molecule has 0 saturated heterocycles. The molecule has 0 aliphatic carbocycles. The molecule has 2 aromatic carbocycles. The van der Waals surface area contributed by atoms with Gasteiger partial charge in [-0.05, 0) is 41.8 Å². The van der Waals surface area contributed by atoms with Gasteiger partial charge >= 0.3 is 5.97 Å². The average Bonchev–Trinajstić information content (AvgIpc) is 2.39. The Morgan fingerprint density at radius 3 is 2.56 bits per heavy atom. The Morgan fingerprint density at radius 2 is 1.89 bits per heavy atom. The second-order valence-corrected chi connectivity index (χ2v) is 4.03. The summed E-state index contributed by atoms with van der Waals surface area (Å²) in [5.41, 5.74) is 3.22.